The molecule has 0 aliphatic carbocycles. The number of aromatic nitrogens is 2. The minimum atomic E-state index is 0.0710. The van der Waals surface area contributed by atoms with Gasteiger partial charge in [-0.05, 0) is 12.8 Å². The van der Waals surface area contributed by atoms with Crippen LogP contribution < -0.4 is 11.1 Å². The number of nitrogens with zero attached hydrogens (tertiary/aromatic N) is 2. The Labute approximate surface area is 100 Å². The third-order valence-electron chi connectivity index (χ3n) is 3.11. The number of nitrogens with two attached hydrogens (primary N) is 1. The van der Waals surface area contributed by atoms with E-state index in [1.165, 1.54) is 0 Å². The molecule has 0 saturated carbocycles. The quantitative estimate of drug-likeness (QED) is 0.779. The number of rotatable bonds is 3. The van der Waals surface area contributed by atoms with Crippen LogP contribution >= 0.6 is 0 Å². The fraction of sp³-hybridized carbons (Fsp3) is 0.636. The van der Waals surface area contributed by atoms with Crippen LogP contribution in [-0.2, 0) is 23.1 Å². The Morgan fingerprint density at radius 3 is 2.94 bits per heavy atom. The van der Waals surface area contributed by atoms with E-state index in [4.69, 9.17) is 10.5 Å². The van der Waals surface area contributed by atoms with Crippen LogP contribution in [0.25, 0.3) is 0 Å². The number of hydrogen-bond donors (Lipinski definition) is 2. The summed E-state index contributed by atoms with van der Waals surface area (Å²) in [5.74, 6) is 0.746. The van der Waals surface area contributed by atoms with E-state index in [0.717, 1.165) is 18.4 Å². The fourth-order valence-electron chi connectivity index (χ4n) is 1.92. The third kappa shape index (κ3) is 2.76. The van der Waals surface area contributed by atoms with Crippen molar-refractivity contribution in [1.29, 1.82) is 0 Å². The van der Waals surface area contributed by atoms with Crippen LogP contribution in [0.5, 0.6) is 0 Å². The molecule has 0 radical (unpaired) electrons. The maximum absolute atomic E-state index is 11.9. The largest absolute Gasteiger partial charge is 0.384 e. The first-order valence-electron chi connectivity index (χ1n) is 5.80. The first kappa shape index (κ1) is 11.9. The lowest BCUT2D eigenvalue weighted by atomic mass is 9.99. The summed E-state index contributed by atoms with van der Waals surface area (Å²) >= 11 is 0. The van der Waals surface area contributed by atoms with Gasteiger partial charge < -0.3 is 15.8 Å². The molecule has 94 valence electrons. The Balaban J connectivity index is 1.85. The van der Waals surface area contributed by atoms with Crippen molar-refractivity contribution < 1.29 is 9.53 Å². The van der Waals surface area contributed by atoms with Gasteiger partial charge in [-0.3, -0.25) is 9.48 Å². The van der Waals surface area contributed by atoms with Gasteiger partial charge in [-0.1, -0.05) is 0 Å². The number of carbonyl (C=O) groups excluding carboxylic acids is 1. The Bertz CT molecular complexity index is 396. The number of nitrogens with one attached hydrogen (secondary N) is 1. The van der Waals surface area contributed by atoms with E-state index in [2.05, 4.69) is 10.4 Å². The molecular weight excluding hydrogens is 220 g/mol. The number of amides is 1. The van der Waals surface area contributed by atoms with Gasteiger partial charge >= 0.3 is 0 Å². The van der Waals surface area contributed by atoms with Crippen LogP contribution in [0, 0.1) is 5.92 Å². The number of carbonyl (C=O) groups is 1. The zero-order valence-corrected chi connectivity index (χ0v) is 9.98. The van der Waals surface area contributed by atoms with Gasteiger partial charge in [-0.2, -0.15) is 5.10 Å². The number of nitrogen functional groups attached to an aromatic ring is 1. The van der Waals surface area contributed by atoms with Gasteiger partial charge in [0.15, 0.2) is 0 Å². The predicted octanol–water partition coefficient (Wildman–Crippen LogP) is 0.0451. The highest BCUT2D eigenvalue weighted by molar-refractivity contribution is 5.78. The Kier molecular flexibility index (Phi) is 3.63. The molecular formula is C11H18N4O2. The van der Waals surface area contributed by atoms with Crippen molar-refractivity contribution in [2.24, 2.45) is 13.0 Å². The van der Waals surface area contributed by atoms with Crippen molar-refractivity contribution in [1.82, 2.24) is 15.1 Å². The molecule has 1 amide bonds. The van der Waals surface area contributed by atoms with Crippen LogP contribution in [-0.4, -0.2) is 28.9 Å². The molecule has 1 aromatic rings. The zero-order chi connectivity index (χ0) is 12.3. The van der Waals surface area contributed by atoms with Gasteiger partial charge in [-0.25, -0.2) is 0 Å². The molecule has 1 fully saturated rings. The molecule has 0 atom stereocenters. The van der Waals surface area contributed by atoms with Crippen molar-refractivity contribution in [3.63, 3.8) is 0 Å². The lowest BCUT2D eigenvalue weighted by molar-refractivity contribution is -0.128. The van der Waals surface area contributed by atoms with Gasteiger partial charge in [-0.15, -0.1) is 0 Å². The minimum absolute atomic E-state index is 0.0710. The zero-order valence-electron chi connectivity index (χ0n) is 9.98. The van der Waals surface area contributed by atoms with Crippen molar-refractivity contribution in [3.8, 4) is 0 Å². The van der Waals surface area contributed by atoms with E-state index in [0.29, 0.717) is 25.6 Å². The number of ether oxygens (including phenoxy) is 1. The molecule has 2 rings (SSSR count). The number of anilines is 1. The van der Waals surface area contributed by atoms with Crippen molar-refractivity contribution >= 4 is 11.7 Å². The van der Waals surface area contributed by atoms with Crippen LogP contribution in [0.3, 0.4) is 0 Å². The normalized spacial score (nSPS) is 17.0. The van der Waals surface area contributed by atoms with E-state index < -0.39 is 0 Å². The topological polar surface area (TPSA) is 82.2 Å². The molecule has 2 heterocycles. The Morgan fingerprint density at radius 1 is 1.65 bits per heavy atom. The molecule has 3 N–H and O–H groups in total. The maximum atomic E-state index is 11.9. The second kappa shape index (κ2) is 5.18. The summed E-state index contributed by atoms with van der Waals surface area (Å²) in [5, 5.41) is 6.92. The van der Waals surface area contributed by atoms with E-state index in [1.807, 2.05) is 0 Å². The standard InChI is InChI=1S/C11H18N4O2/c1-15-10(12)9(7-14-15)6-13-11(16)8-2-4-17-5-3-8/h7-8H,2-6,12H2,1H3,(H,13,16). The van der Waals surface area contributed by atoms with Crippen LogP contribution in [0.2, 0.25) is 0 Å². The molecule has 0 spiro atoms. The van der Waals surface area contributed by atoms with Gasteiger partial charge in [0.05, 0.1) is 6.20 Å². The average molecular weight is 238 g/mol. The highest BCUT2D eigenvalue weighted by atomic mass is 16.5. The summed E-state index contributed by atoms with van der Waals surface area (Å²) in [5.41, 5.74) is 6.65. The summed E-state index contributed by atoms with van der Waals surface area (Å²) in [6.45, 7) is 1.79. The van der Waals surface area contributed by atoms with E-state index in [9.17, 15) is 4.79 Å². The molecule has 6 heteroatoms. The SMILES string of the molecule is Cn1ncc(CNC(=O)C2CCOCC2)c1N. The first-order chi connectivity index (χ1) is 8.18. The van der Waals surface area contributed by atoms with Crippen LogP contribution in [0.1, 0.15) is 18.4 Å². The van der Waals surface area contributed by atoms with Crippen LogP contribution in [0.15, 0.2) is 6.20 Å². The van der Waals surface area contributed by atoms with Crippen LogP contribution in [0.4, 0.5) is 5.82 Å². The summed E-state index contributed by atoms with van der Waals surface area (Å²) in [7, 11) is 1.78. The molecule has 17 heavy (non-hydrogen) atoms. The maximum Gasteiger partial charge on any atom is 0.223 e. The summed E-state index contributed by atoms with van der Waals surface area (Å²) < 4.78 is 6.81. The Hall–Kier alpha value is -1.56. The van der Waals surface area contributed by atoms with Crippen molar-refractivity contribution in [3.05, 3.63) is 11.8 Å². The highest BCUT2D eigenvalue weighted by Crippen LogP contribution is 2.15. The smallest absolute Gasteiger partial charge is 0.223 e. The third-order valence-corrected chi connectivity index (χ3v) is 3.11. The monoisotopic (exact) mass is 238 g/mol. The predicted molar refractivity (Wildman–Crippen MR) is 63.0 cm³/mol. The lowest BCUT2D eigenvalue weighted by Crippen LogP contribution is -2.33. The molecule has 6 nitrogen and oxygen atoms in total. The molecule has 1 aromatic heterocycles. The molecule has 1 aliphatic heterocycles. The summed E-state index contributed by atoms with van der Waals surface area (Å²) in [6, 6.07) is 0. The van der Waals surface area contributed by atoms with Gasteiger partial charge in [0, 0.05) is 38.3 Å². The van der Waals surface area contributed by atoms with E-state index in [1.54, 1.807) is 17.9 Å². The first-order valence-corrected chi connectivity index (χ1v) is 5.80. The summed E-state index contributed by atoms with van der Waals surface area (Å²) in [4.78, 5) is 11.9. The number of aryl methyl sites for hydroxylation is 1. The summed E-state index contributed by atoms with van der Waals surface area (Å²) in [6.07, 6.45) is 3.28. The lowest BCUT2D eigenvalue weighted by Gasteiger charge is -2.21. The highest BCUT2D eigenvalue weighted by Gasteiger charge is 2.21. The van der Waals surface area contributed by atoms with Crippen molar-refractivity contribution in [2.45, 2.75) is 19.4 Å². The van der Waals surface area contributed by atoms with E-state index in [-0.39, 0.29) is 11.8 Å². The molecule has 0 bridgehead atoms. The number of hydrogen-bond acceptors (Lipinski definition) is 4. The van der Waals surface area contributed by atoms with Crippen molar-refractivity contribution in [2.75, 3.05) is 18.9 Å². The average Bonchev–Trinajstić information content (AvgIpc) is 2.68. The van der Waals surface area contributed by atoms with Gasteiger partial charge in [0.1, 0.15) is 5.82 Å². The molecule has 1 aliphatic rings. The Morgan fingerprint density at radius 2 is 2.35 bits per heavy atom. The fourth-order valence-corrected chi connectivity index (χ4v) is 1.92. The van der Waals surface area contributed by atoms with E-state index >= 15 is 0 Å². The second-order valence-corrected chi connectivity index (χ2v) is 4.28. The van der Waals surface area contributed by atoms with Gasteiger partial charge in [0.25, 0.3) is 0 Å². The molecule has 1 saturated heterocycles. The second-order valence-electron chi connectivity index (χ2n) is 4.28. The minimum Gasteiger partial charge on any atom is -0.384 e. The molecule has 0 unspecified atom stereocenters. The molecule has 0 aromatic carbocycles. The van der Waals surface area contributed by atoms with Gasteiger partial charge in [0.2, 0.25) is 5.91 Å².